The van der Waals surface area contributed by atoms with Crippen LogP contribution in [0.2, 0.25) is 5.02 Å². The summed E-state index contributed by atoms with van der Waals surface area (Å²) in [5, 5.41) is 9.98. The number of rotatable bonds is 4. The molecule has 0 saturated heterocycles. The molecule has 0 radical (unpaired) electrons. The first-order valence-corrected chi connectivity index (χ1v) is 6.33. The molecule has 0 bridgehead atoms. The van der Waals surface area contributed by atoms with Gasteiger partial charge in [0.2, 0.25) is 0 Å². The maximum Gasteiger partial charge on any atom is 0.336 e. The van der Waals surface area contributed by atoms with Crippen molar-refractivity contribution in [1.29, 1.82) is 0 Å². The number of carboxylic acids is 1. The van der Waals surface area contributed by atoms with Gasteiger partial charge in [-0.05, 0) is 29.8 Å². The van der Waals surface area contributed by atoms with Crippen molar-refractivity contribution in [3.8, 4) is 5.75 Å². The quantitative estimate of drug-likeness (QED) is 0.684. The Morgan fingerprint density at radius 1 is 1.20 bits per heavy atom. The molecule has 0 heterocycles. The first kappa shape index (κ1) is 14.2. The molecule has 3 nitrogen and oxygen atoms in total. The standard InChI is InChI=1S/C16H13ClO3/c1-20-15-8-3-2-7-13(15)14(16(18)19)10-11-5-4-6-12(17)9-11/h2-10H,1H3,(H,18,19)/b14-10-. The molecule has 0 aromatic heterocycles. The van der Waals surface area contributed by atoms with E-state index in [1.165, 1.54) is 7.11 Å². The summed E-state index contributed by atoms with van der Waals surface area (Å²) in [6.45, 7) is 0. The molecule has 0 unspecified atom stereocenters. The zero-order chi connectivity index (χ0) is 14.5. The van der Waals surface area contributed by atoms with E-state index in [9.17, 15) is 9.90 Å². The van der Waals surface area contributed by atoms with Crippen LogP contribution < -0.4 is 4.74 Å². The molecule has 102 valence electrons. The molecule has 0 atom stereocenters. The van der Waals surface area contributed by atoms with Crippen molar-refractivity contribution >= 4 is 29.2 Å². The van der Waals surface area contributed by atoms with Crippen LogP contribution in [0.15, 0.2) is 48.5 Å². The lowest BCUT2D eigenvalue weighted by Gasteiger charge is -2.09. The van der Waals surface area contributed by atoms with Crippen LogP contribution in [-0.4, -0.2) is 18.2 Å². The van der Waals surface area contributed by atoms with Gasteiger partial charge in [-0.2, -0.15) is 0 Å². The van der Waals surface area contributed by atoms with Crippen molar-refractivity contribution in [2.45, 2.75) is 0 Å². The summed E-state index contributed by atoms with van der Waals surface area (Å²) in [7, 11) is 1.51. The highest BCUT2D eigenvalue weighted by atomic mass is 35.5. The molecule has 4 heteroatoms. The van der Waals surface area contributed by atoms with E-state index in [4.69, 9.17) is 16.3 Å². The van der Waals surface area contributed by atoms with Crippen LogP contribution in [0.5, 0.6) is 5.75 Å². The van der Waals surface area contributed by atoms with Gasteiger partial charge in [0.25, 0.3) is 0 Å². The number of halogens is 1. The van der Waals surface area contributed by atoms with E-state index >= 15 is 0 Å². The first-order valence-electron chi connectivity index (χ1n) is 5.96. The summed E-state index contributed by atoms with van der Waals surface area (Å²) in [5.41, 5.74) is 1.41. The van der Waals surface area contributed by atoms with Gasteiger partial charge < -0.3 is 9.84 Å². The van der Waals surface area contributed by atoms with Crippen molar-refractivity contribution in [3.63, 3.8) is 0 Å². The maximum absolute atomic E-state index is 11.5. The maximum atomic E-state index is 11.5. The summed E-state index contributed by atoms with van der Waals surface area (Å²) in [4.78, 5) is 11.5. The van der Waals surface area contributed by atoms with Gasteiger partial charge in [0, 0.05) is 10.6 Å². The average molecular weight is 289 g/mol. The lowest BCUT2D eigenvalue weighted by molar-refractivity contribution is -0.130. The highest BCUT2D eigenvalue weighted by Gasteiger charge is 2.14. The van der Waals surface area contributed by atoms with E-state index < -0.39 is 5.97 Å². The summed E-state index contributed by atoms with van der Waals surface area (Å²) in [6, 6.07) is 14.0. The normalized spacial score (nSPS) is 11.2. The molecule has 2 aromatic rings. The number of hydrogen-bond acceptors (Lipinski definition) is 2. The number of methoxy groups -OCH3 is 1. The first-order chi connectivity index (χ1) is 9.61. The molecule has 2 rings (SSSR count). The molecule has 0 aliphatic rings. The second-order valence-corrected chi connectivity index (χ2v) is 4.55. The average Bonchev–Trinajstić information content (AvgIpc) is 2.44. The third-order valence-electron chi connectivity index (χ3n) is 2.79. The highest BCUT2D eigenvalue weighted by Crippen LogP contribution is 2.28. The number of hydrogen-bond donors (Lipinski definition) is 1. The fourth-order valence-electron chi connectivity index (χ4n) is 1.88. The minimum atomic E-state index is -1.02. The van der Waals surface area contributed by atoms with E-state index in [2.05, 4.69) is 0 Å². The molecule has 2 aromatic carbocycles. The molecule has 0 amide bonds. The van der Waals surface area contributed by atoms with Gasteiger partial charge in [-0.3, -0.25) is 0 Å². The molecule has 0 aliphatic carbocycles. The summed E-state index contributed by atoms with van der Waals surface area (Å²) >= 11 is 5.91. The van der Waals surface area contributed by atoms with E-state index in [1.54, 1.807) is 54.6 Å². The van der Waals surface area contributed by atoms with Gasteiger partial charge in [-0.1, -0.05) is 41.9 Å². The summed E-state index contributed by atoms with van der Waals surface area (Å²) in [6.07, 6.45) is 1.58. The lowest BCUT2D eigenvalue weighted by Crippen LogP contribution is -2.01. The van der Waals surface area contributed by atoms with Crippen molar-refractivity contribution in [3.05, 3.63) is 64.7 Å². The van der Waals surface area contributed by atoms with Crippen LogP contribution in [-0.2, 0) is 4.79 Å². The Kier molecular flexibility index (Phi) is 4.43. The van der Waals surface area contributed by atoms with E-state index in [1.807, 2.05) is 0 Å². The molecular formula is C16H13ClO3. The largest absolute Gasteiger partial charge is 0.496 e. The van der Waals surface area contributed by atoms with E-state index in [0.29, 0.717) is 16.3 Å². The number of aliphatic carboxylic acids is 1. The second-order valence-electron chi connectivity index (χ2n) is 4.12. The molecule has 1 N–H and O–H groups in total. The number of benzene rings is 2. The number of carbonyl (C=O) groups is 1. The Morgan fingerprint density at radius 3 is 2.60 bits per heavy atom. The van der Waals surface area contributed by atoms with Crippen molar-refractivity contribution < 1.29 is 14.6 Å². The van der Waals surface area contributed by atoms with E-state index in [0.717, 1.165) is 5.56 Å². The number of carboxylic acid groups (broad SMARTS) is 1. The SMILES string of the molecule is COc1ccccc1/C(=C/c1cccc(Cl)c1)C(=O)O. The monoisotopic (exact) mass is 288 g/mol. The molecule has 0 fully saturated rings. The predicted molar refractivity (Wildman–Crippen MR) is 80.0 cm³/mol. The van der Waals surface area contributed by atoms with Gasteiger partial charge in [0.15, 0.2) is 0 Å². The Bertz CT molecular complexity index is 662. The van der Waals surface area contributed by atoms with Gasteiger partial charge in [-0.15, -0.1) is 0 Å². The lowest BCUT2D eigenvalue weighted by atomic mass is 10.0. The van der Waals surface area contributed by atoms with Crippen LogP contribution in [0, 0.1) is 0 Å². The van der Waals surface area contributed by atoms with Crippen LogP contribution in [0.4, 0.5) is 0 Å². The minimum absolute atomic E-state index is 0.157. The predicted octanol–water partition coefficient (Wildman–Crippen LogP) is 3.97. The zero-order valence-corrected chi connectivity index (χ0v) is 11.6. The van der Waals surface area contributed by atoms with Gasteiger partial charge in [0.05, 0.1) is 12.7 Å². The van der Waals surface area contributed by atoms with Gasteiger partial charge in [-0.25, -0.2) is 4.79 Å². The van der Waals surface area contributed by atoms with Crippen molar-refractivity contribution in [1.82, 2.24) is 0 Å². The summed E-state index contributed by atoms with van der Waals surface area (Å²) in [5.74, 6) is -0.502. The Hall–Kier alpha value is -2.26. The minimum Gasteiger partial charge on any atom is -0.496 e. The highest BCUT2D eigenvalue weighted by molar-refractivity contribution is 6.30. The van der Waals surface area contributed by atoms with Crippen LogP contribution >= 0.6 is 11.6 Å². The fourth-order valence-corrected chi connectivity index (χ4v) is 2.08. The van der Waals surface area contributed by atoms with Gasteiger partial charge in [0.1, 0.15) is 5.75 Å². The van der Waals surface area contributed by atoms with Crippen molar-refractivity contribution in [2.24, 2.45) is 0 Å². The zero-order valence-electron chi connectivity index (χ0n) is 10.8. The van der Waals surface area contributed by atoms with Crippen LogP contribution in [0.25, 0.3) is 11.6 Å². The third-order valence-corrected chi connectivity index (χ3v) is 3.02. The molecular weight excluding hydrogens is 276 g/mol. The molecule has 0 saturated carbocycles. The van der Waals surface area contributed by atoms with Crippen LogP contribution in [0.3, 0.4) is 0 Å². The number of ether oxygens (including phenoxy) is 1. The Morgan fingerprint density at radius 2 is 1.95 bits per heavy atom. The third kappa shape index (κ3) is 3.19. The Labute approximate surface area is 122 Å². The fraction of sp³-hybridized carbons (Fsp3) is 0.0625. The smallest absolute Gasteiger partial charge is 0.336 e. The molecule has 0 spiro atoms. The topological polar surface area (TPSA) is 46.5 Å². The van der Waals surface area contributed by atoms with Crippen molar-refractivity contribution in [2.75, 3.05) is 7.11 Å². The van der Waals surface area contributed by atoms with Gasteiger partial charge >= 0.3 is 5.97 Å². The Balaban J connectivity index is 2.54. The summed E-state index contributed by atoms with van der Waals surface area (Å²) < 4.78 is 5.21. The molecule has 20 heavy (non-hydrogen) atoms. The van der Waals surface area contributed by atoms with Crippen LogP contribution in [0.1, 0.15) is 11.1 Å². The second kappa shape index (κ2) is 6.26. The van der Waals surface area contributed by atoms with E-state index in [-0.39, 0.29) is 5.57 Å². The molecule has 0 aliphatic heterocycles. The number of para-hydroxylation sites is 1.